The number of carbonyl (C=O) groups excluding carboxylic acids is 1. The summed E-state index contributed by atoms with van der Waals surface area (Å²) < 4.78 is 0. The molecule has 3 aromatic rings. The Bertz CT molecular complexity index is 1020. The van der Waals surface area contributed by atoms with Crippen molar-refractivity contribution in [2.75, 3.05) is 25.0 Å². The Kier molecular flexibility index (Phi) is 6.32. The fourth-order valence-corrected chi connectivity index (χ4v) is 3.93. The van der Waals surface area contributed by atoms with Crippen LogP contribution in [0.4, 0.5) is 5.69 Å². The van der Waals surface area contributed by atoms with Crippen LogP contribution in [0.3, 0.4) is 0 Å². The second-order valence-corrected chi connectivity index (χ2v) is 7.63. The van der Waals surface area contributed by atoms with Crippen molar-refractivity contribution in [3.05, 3.63) is 65.9 Å². The molecule has 6 heteroatoms. The third-order valence-electron chi connectivity index (χ3n) is 5.62. The van der Waals surface area contributed by atoms with Crippen LogP contribution in [0.25, 0.3) is 10.9 Å². The topological polar surface area (TPSA) is 72.5 Å². The van der Waals surface area contributed by atoms with E-state index in [1.54, 1.807) is 7.05 Å². The van der Waals surface area contributed by atoms with E-state index in [-0.39, 0.29) is 5.91 Å². The van der Waals surface area contributed by atoms with E-state index in [4.69, 9.17) is 0 Å². The Morgan fingerprint density at radius 2 is 1.93 bits per heavy atom. The van der Waals surface area contributed by atoms with Gasteiger partial charge in [-0.25, -0.2) is 0 Å². The second kappa shape index (κ2) is 9.48. The summed E-state index contributed by atoms with van der Waals surface area (Å²) in [4.78, 5) is 21.6. The number of H-pyrrole nitrogens is 1. The molecule has 30 heavy (non-hydrogen) atoms. The number of aliphatic imine (C=N–C) groups is 1. The van der Waals surface area contributed by atoms with Crippen molar-refractivity contribution < 1.29 is 4.79 Å². The number of nitrogens with zero attached hydrogens (tertiary/aromatic N) is 2. The van der Waals surface area contributed by atoms with Gasteiger partial charge in [0.25, 0.3) is 0 Å². The highest BCUT2D eigenvalue weighted by atomic mass is 16.2. The average molecular weight is 404 g/mol. The lowest BCUT2D eigenvalue weighted by molar-refractivity contribution is -0.119. The lowest BCUT2D eigenvalue weighted by Gasteiger charge is -2.26. The van der Waals surface area contributed by atoms with Gasteiger partial charge in [0.05, 0.1) is 0 Å². The van der Waals surface area contributed by atoms with Crippen LogP contribution in [-0.2, 0) is 17.8 Å². The zero-order valence-electron chi connectivity index (χ0n) is 17.4. The van der Waals surface area contributed by atoms with Crippen LogP contribution in [0.5, 0.6) is 0 Å². The van der Waals surface area contributed by atoms with Crippen molar-refractivity contribution in [3.8, 4) is 0 Å². The van der Waals surface area contributed by atoms with E-state index in [1.165, 1.54) is 16.5 Å². The SMILES string of the molecule is CN=C(NCCc1c[nH]c2ccccc12)NCc1ccc(N2CCCCC2=O)cc1. The first kappa shape index (κ1) is 20.0. The van der Waals surface area contributed by atoms with Crippen molar-refractivity contribution in [2.24, 2.45) is 4.99 Å². The van der Waals surface area contributed by atoms with E-state index < -0.39 is 0 Å². The number of rotatable bonds is 6. The summed E-state index contributed by atoms with van der Waals surface area (Å²) in [6.07, 6.45) is 5.74. The minimum atomic E-state index is 0.229. The Morgan fingerprint density at radius 1 is 1.10 bits per heavy atom. The van der Waals surface area contributed by atoms with Gasteiger partial charge < -0.3 is 20.5 Å². The monoisotopic (exact) mass is 403 g/mol. The van der Waals surface area contributed by atoms with E-state index in [2.05, 4.69) is 57.1 Å². The maximum absolute atomic E-state index is 12.1. The number of para-hydroxylation sites is 1. The van der Waals surface area contributed by atoms with Crippen LogP contribution >= 0.6 is 0 Å². The van der Waals surface area contributed by atoms with Crippen LogP contribution in [0, 0.1) is 0 Å². The number of piperidine rings is 1. The predicted molar refractivity (Wildman–Crippen MR) is 123 cm³/mol. The number of carbonyl (C=O) groups is 1. The minimum absolute atomic E-state index is 0.229. The van der Waals surface area contributed by atoms with Crippen molar-refractivity contribution in [3.63, 3.8) is 0 Å². The van der Waals surface area contributed by atoms with Gasteiger partial charge in [0, 0.05) is 55.9 Å². The van der Waals surface area contributed by atoms with E-state index in [0.29, 0.717) is 13.0 Å². The maximum Gasteiger partial charge on any atom is 0.226 e. The van der Waals surface area contributed by atoms with Crippen LogP contribution in [0.15, 0.2) is 59.7 Å². The van der Waals surface area contributed by atoms with Crippen LogP contribution in [0.1, 0.15) is 30.4 Å². The standard InChI is InChI=1S/C24H29N5O/c1-25-24(26-14-13-19-17-27-22-7-3-2-6-21(19)22)28-16-18-9-11-20(12-10-18)29-15-5-4-8-23(29)30/h2-3,6-7,9-12,17,27H,4-5,8,13-16H2,1H3,(H2,25,26,28). The van der Waals surface area contributed by atoms with Crippen LogP contribution < -0.4 is 15.5 Å². The highest BCUT2D eigenvalue weighted by Gasteiger charge is 2.19. The Morgan fingerprint density at radius 3 is 2.73 bits per heavy atom. The molecule has 0 radical (unpaired) electrons. The van der Waals surface area contributed by atoms with Crippen molar-refractivity contribution in [1.82, 2.24) is 15.6 Å². The number of guanidine groups is 1. The average Bonchev–Trinajstić information content (AvgIpc) is 3.20. The Labute approximate surface area is 177 Å². The molecule has 1 amide bonds. The van der Waals surface area contributed by atoms with E-state index >= 15 is 0 Å². The molecule has 2 heterocycles. The smallest absolute Gasteiger partial charge is 0.226 e. The third kappa shape index (κ3) is 4.64. The van der Waals surface area contributed by atoms with Gasteiger partial charge in [-0.3, -0.25) is 9.79 Å². The second-order valence-electron chi connectivity index (χ2n) is 7.63. The van der Waals surface area contributed by atoms with E-state index in [1.807, 2.05) is 23.1 Å². The summed E-state index contributed by atoms with van der Waals surface area (Å²) in [5, 5.41) is 8.02. The highest BCUT2D eigenvalue weighted by molar-refractivity contribution is 5.94. The molecule has 0 spiro atoms. The lowest BCUT2D eigenvalue weighted by Crippen LogP contribution is -2.38. The molecule has 4 rings (SSSR count). The number of aromatic amines is 1. The van der Waals surface area contributed by atoms with Gasteiger partial charge in [0.15, 0.2) is 5.96 Å². The fraction of sp³-hybridized carbons (Fsp3) is 0.333. The summed E-state index contributed by atoms with van der Waals surface area (Å²) in [7, 11) is 1.78. The zero-order chi connectivity index (χ0) is 20.8. The molecular weight excluding hydrogens is 374 g/mol. The van der Waals surface area contributed by atoms with Crippen molar-refractivity contribution in [2.45, 2.75) is 32.2 Å². The van der Waals surface area contributed by atoms with Gasteiger partial charge in [-0.15, -0.1) is 0 Å². The first-order chi connectivity index (χ1) is 14.7. The quantitative estimate of drug-likeness (QED) is 0.435. The number of aromatic nitrogens is 1. The van der Waals surface area contributed by atoms with E-state index in [9.17, 15) is 4.79 Å². The minimum Gasteiger partial charge on any atom is -0.361 e. The van der Waals surface area contributed by atoms with Gasteiger partial charge in [0.2, 0.25) is 5.91 Å². The van der Waals surface area contributed by atoms with Gasteiger partial charge in [-0.1, -0.05) is 30.3 Å². The highest BCUT2D eigenvalue weighted by Crippen LogP contribution is 2.21. The Balaban J connectivity index is 1.26. The molecule has 0 unspecified atom stereocenters. The summed E-state index contributed by atoms with van der Waals surface area (Å²) in [6.45, 7) is 2.31. The molecule has 0 saturated carbocycles. The molecule has 156 valence electrons. The molecule has 3 N–H and O–H groups in total. The molecule has 2 aromatic carbocycles. The molecule has 6 nitrogen and oxygen atoms in total. The molecule has 1 fully saturated rings. The zero-order valence-corrected chi connectivity index (χ0v) is 17.4. The number of anilines is 1. The molecule has 0 atom stereocenters. The van der Waals surface area contributed by atoms with E-state index in [0.717, 1.165) is 49.6 Å². The van der Waals surface area contributed by atoms with Crippen molar-refractivity contribution >= 4 is 28.5 Å². The molecule has 1 aliphatic rings. The molecule has 0 bridgehead atoms. The summed E-state index contributed by atoms with van der Waals surface area (Å²) in [5.41, 5.74) is 4.62. The predicted octanol–water partition coefficient (Wildman–Crippen LogP) is 3.59. The fourth-order valence-electron chi connectivity index (χ4n) is 3.93. The summed E-state index contributed by atoms with van der Waals surface area (Å²) >= 11 is 0. The molecule has 1 aliphatic heterocycles. The number of nitrogens with one attached hydrogen (secondary N) is 3. The van der Waals surface area contributed by atoms with Crippen LogP contribution in [0.2, 0.25) is 0 Å². The summed E-state index contributed by atoms with van der Waals surface area (Å²) in [6, 6.07) is 16.6. The third-order valence-corrected chi connectivity index (χ3v) is 5.62. The first-order valence-corrected chi connectivity index (χ1v) is 10.6. The maximum atomic E-state index is 12.1. The normalized spacial score (nSPS) is 14.9. The lowest BCUT2D eigenvalue weighted by atomic mass is 10.1. The summed E-state index contributed by atoms with van der Waals surface area (Å²) in [5.74, 6) is 1.01. The van der Waals surface area contributed by atoms with Gasteiger partial charge in [0.1, 0.15) is 0 Å². The number of hydrogen-bond donors (Lipinski definition) is 3. The number of amides is 1. The Hall–Kier alpha value is -3.28. The first-order valence-electron chi connectivity index (χ1n) is 10.6. The number of fused-ring (bicyclic) bond motifs is 1. The largest absolute Gasteiger partial charge is 0.361 e. The van der Waals surface area contributed by atoms with Crippen molar-refractivity contribution in [1.29, 1.82) is 0 Å². The van der Waals surface area contributed by atoms with Gasteiger partial charge >= 0.3 is 0 Å². The number of hydrogen-bond acceptors (Lipinski definition) is 2. The molecule has 1 aromatic heterocycles. The molecule has 0 aliphatic carbocycles. The number of benzene rings is 2. The molecular formula is C24H29N5O. The van der Waals surface area contributed by atoms with Gasteiger partial charge in [-0.2, -0.15) is 0 Å². The van der Waals surface area contributed by atoms with Crippen LogP contribution in [-0.4, -0.2) is 37.0 Å². The van der Waals surface area contributed by atoms with Gasteiger partial charge in [-0.05, 0) is 48.6 Å². The molecule has 1 saturated heterocycles.